The van der Waals surface area contributed by atoms with Gasteiger partial charge in [0.1, 0.15) is 11.9 Å². The number of aliphatic hydroxyl groups excluding tert-OH is 1. The van der Waals surface area contributed by atoms with E-state index in [0.717, 1.165) is 0 Å². The maximum absolute atomic E-state index is 10.5. The van der Waals surface area contributed by atoms with Crippen LogP contribution in [0, 0.1) is 0 Å². The molecule has 5 nitrogen and oxygen atoms in total. The number of rotatable bonds is 5. The highest BCUT2D eigenvalue weighted by molar-refractivity contribution is 5.84. The molecule has 78 valence electrons. The van der Waals surface area contributed by atoms with E-state index in [4.69, 9.17) is 14.3 Å². The van der Waals surface area contributed by atoms with Crippen molar-refractivity contribution in [2.24, 2.45) is 0 Å². The summed E-state index contributed by atoms with van der Waals surface area (Å²) in [4.78, 5) is 10.5. The molecule has 1 heterocycles. The van der Waals surface area contributed by atoms with E-state index in [-0.39, 0.29) is 11.5 Å². The summed E-state index contributed by atoms with van der Waals surface area (Å²) >= 11 is 0. The first kappa shape index (κ1) is 10.7. The fraction of sp³-hybridized carbons (Fsp3) is 0.444. The summed E-state index contributed by atoms with van der Waals surface area (Å²) in [5, 5.41) is 18.0. The van der Waals surface area contributed by atoms with Crippen molar-refractivity contribution >= 4 is 5.97 Å². The molecule has 0 bridgehead atoms. The number of hydrogen-bond donors (Lipinski definition) is 2. The zero-order valence-electron chi connectivity index (χ0n) is 7.77. The van der Waals surface area contributed by atoms with Gasteiger partial charge in [0.05, 0.1) is 0 Å². The minimum Gasteiger partial charge on any atom is -0.475 e. The van der Waals surface area contributed by atoms with Crippen LogP contribution < -0.4 is 0 Å². The van der Waals surface area contributed by atoms with Gasteiger partial charge in [0.2, 0.25) is 5.76 Å². The van der Waals surface area contributed by atoms with Crippen LogP contribution in [0.15, 0.2) is 16.5 Å². The molecule has 0 aromatic carbocycles. The molecule has 1 unspecified atom stereocenters. The number of carboxylic acid groups (broad SMARTS) is 1. The lowest BCUT2D eigenvalue weighted by Gasteiger charge is -2.05. The highest BCUT2D eigenvalue weighted by atomic mass is 16.5. The summed E-state index contributed by atoms with van der Waals surface area (Å²) in [7, 11) is 1.53. The van der Waals surface area contributed by atoms with E-state index in [1.54, 1.807) is 0 Å². The van der Waals surface area contributed by atoms with Gasteiger partial charge in [0.25, 0.3) is 0 Å². The van der Waals surface area contributed by atoms with Crippen LogP contribution in [0.3, 0.4) is 0 Å². The second-order valence-corrected chi connectivity index (χ2v) is 2.80. The Bertz CT molecular complexity index is 304. The van der Waals surface area contributed by atoms with Gasteiger partial charge in [0.15, 0.2) is 0 Å². The second-order valence-electron chi connectivity index (χ2n) is 2.80. The Morgan fingerprint density at radius 2 is 2.36 bits per heavy atom. The molecule has 0 saturated carbocycles. The highest BCUT2D eigenvalue weighted by Gasteiger charge is 2.14. The van der Waals surface area contributed by atoms with Gasteiger partial charge in [-0.25, -0.2) is 4.79 Å². The molecule has 1 rings (SSSR count). The first-order chi connectivity index (χ1) is 6.65. The Labute approximate surface area is 80.9 Å². The van der Waals surface area contributed by atoms with E-state index in [1.165, 1.54) is 19.2 Å². The number of carboxylic acids is 1. The summed E-state index contributed by atoms with van der Waals surface area (Å²) in [6.45, 7) is 0.393. The third kappa shape index (κ3) is 2.58. The quantitative estimate of drug-likeness (QED) is 0.742. The number of methoxy groups -OCH3 is 1. The molecule has 0 aliphatic carbocycles. The minimum atomic E-state index is -1.14. The number of aromatic carboxylic acids is 1. The van der Waals surface area contributed by atoms with E-state index in [9.17, 15) is 9.90 Å². The molecule has 2 N–H and O–H groups in total. The summed E-state index contributed by atoms with van der Waals surface area (Å²) in [5.41, 5.74) is 0. The Hall–Kier alpha value is -1.33. The number of carbonyl (C=O) groups is 1. The van der Waals surface area contributed by atoms with Gasteiger partial charge in [0, 0.05) is 20.1 Å². The maximum Gasteiger partial charge on any atom is 0.371 e. The lowest BCUT2D eigenvalue weighted by atomic mass is 10.2. The Morgan fingerprint density at radius 1 is 1.64 bits per heavy atom. The molecular weight excluding hydrogens is 188 g/mol. The predicted octanol–water partition coefficient (Wildman–Crippen LogP) is 1.05. The molecule has 0 fully saturated rings. The van der Waals surface area contributed by atoms with E-state index in [2.05, 4.69) is 0 Å². The number of hydrogen-bond acceptors (Lipinski definition) is 4. The van der Waals surface area contributed by atoms with E-state index in [0.29, 0.717) is 13.0 Å². The van der Waals surface area contributed by atoms with Crippen LogP contribution in [-0.2, 0) is 4.74 Å². The standard InChI is InChI=1S/C9H12O5/c1-13-5-4-6(10)7-2-3-8(14-7)9(11)12/h2-3,6,10H,4-5H2,1H3,(H,11,12). The van der Waals surface area contributed by atoms with Crippen LogP contribution >= 0.6 is 0 Å². The largest absolute Gasteiger partial charge is 0.475 e. The third-order valence-electron chi connectivity index (χ3n) is 1.76. The van der Waals surface area contributed by atoms with E-state index < -0.39 is 12.1 Å². The summed E-state index contributed by atoms with van der Waals surface area (Å²) in [5.74, 6) is -1.06. The number of ether oxygens (including phenoxy) is 1. The Morgan fingerprint density at radius 3 is 2.86 bits per heavy atom. The summed E-state index contributed by atoms with van der Waals surface area (Å²) in [6.07, 6.45) is -0.439. The topological polar surface area (TPSA) is 79.9 Å². The average molecular weight is 200 g/mol. The van der Waals surface area contributed by atoms with Crippen LogP contribution in [0.25, 0.3) is 0 Å². The SMILES string of the molecule is COCCC(O)c1ccc(C(=O)O)o1. The van der Waals surface area contributed by atoms with Crippen molar-refractivity contribution < 1.29 is 24.2 Å². The van der Waals surface area contributed by atoms with Gasteiger partial charge < -0.3 is 19.4 Å². The van der Waals surface area contributed by atoms with Gasteiger partial charge in [-0.05, 0) is 12.1 Å². The molecule has 0 radical (unpaired) electrons. The molecule has 0 saturated heterocycles. The van der Waals surface area contributed by atoms with Crippen LogP contribution in [0.1, 0.15) is 28.8 Å². The van der Waals surface area contributed by atoms with Gasteiger partial charge >= 0.3 is 5.97 Å². The fourth-order valence-corrected chi connectivity index (χ4v) is 1.02. The van der Waals surface area contributed by atoms with Gasteiger partial charge in [-0.2, -0.15) is 0 Å². The smallest absolute Gasteiger partial charge is 0.371 e. The molecule has 0 aliphatic rings. The molecule has 0 amide bonds. The zero-order chi connectivity index (χ0) is 10.6. The van der Waals surface area contributed by atoms with Crippen molar-refractivity contribution in [1.82, 2.24) is 0 Å². The van der Waals surface area contributed by atoms with E-state index in [1.807, 2.05) is 0 Å². The van der Waals surface area contributed by atoms with Crippen LogP contribution in [0.5, 0.6) is 0 Å². The molecule has 0 aliphatic heterocycles. The van der Waals surface area contributed by atoms with Crippen molar-refractivity contribution in [1.29, 1.82) is 0 Å². The second kappa shape index (κ2) is 4.78. The summed E-state index contributed by atoms with van der Waals surface area (Å²) in [6, 6.07) is 2.76. The zero-order valence-corrected chi connectivity index (χ0v) is 7.77. The van der Waals surface area contributed by atoms with Crippen LogP contribution in [0.2, 0.25) is 0 Å². The van der Waals surface area contributed by atoms with Crippen molar-refractivity contribution in [3.05, 3.63) is 23.7 Å². The van der Waals surface area contributed by atoms with Crippen molar-refractivity contribution in [2.45, 2.75) is 12.5 Å². The molecular formula is C9H12O5. The molecule has 1 atom stereocenters. The highest BCUT2D eigenvalue weighted by Crippen LogP contribution is 2.19. The minimum absolute atomic E-state index is 0.170. The molecule has 1 aromatic heterocycles. The average Bonchev–Trinajstić information content (AvgIpc) is 2.62. The first-order valence-electron chi connectivity index (χ1n) is 4.15. The fourth-order valence-electron chi connectivity index (χ4n) is 1.02. The molecule has 1 aromatic rings. The number of furan rings is 1. The van der Waals surface area contributed by atoms with Gasteiger partial charge in [-0.15, -0.1) is 0 Å². The van der Waals surface area contributed by atoms with Crippen LogP contribution in [0.4, 0.5) is 0 Å². The van der Waals surface area contributed by atoms with Crippen molar-refractivity contribution in [3.63, 3.8) is 0 Å². The molecule has 5 heteroatoms. The number of aliphatic hydroxyl groups is 1. The molecule has 0 spiro atoms. The Kier molecular flexibility index (Phi) is 3.67. The monoisotopic (exact) mass is 200 g/mol. The van der Waals surface area contributed by atoms with Gasteiger partial charge in [-0.3, -0.25) is 0 Å². The summed E-state index contributed by atoms with van der Waals surface area (Å²) < 4.78 is 9.67. The lowest BCUT2D eigenvalue weighted by Crippen LogP contribution is -2.00. The van der Waals surface area contributed by atoms with Crippen LogP contribution in [-0.4, -0.2) is 29.9 Å². The van der Waals surface area contributed by atoms with E-state index >= 15 is 0 Å². The predicted molar refractivity (Wildman–Crippen MR) is 47.1 cm³/mol. The van der Waals surface area contributed by atoms with Crippen molar-refractivity contribution in [2.75, 3.05) is 13.7 Å². The normalized spacial score (nSPS) is 12.7. The lowest BCUT2D eigenvalue weighted by molar-refractivity contribution is 0.0640. The third-order valence-corrected chi connectivity index (χ3v) is 1.76. The molecule has 14 heavy (non-hydrogen) atoms. The maximum atomic E-state index is 10.5. The first-order valence-corrected chi connectivity index (χ1v) is 4.15. The van der Waals surface area contributed by atoms with Crippen molar-refractivity contribution in [3.8, 4) is 0 Å². The van der Waals surface area contributed by atoms with Gasteiger partial charge in [-0.1, -0.05) is 0 Å². The Balaban J connectivity index is 2.61.